The van der Waals surface area contributed by atoms with E-state index < -0.39 is 6.23 Å². The van der Waals surface area contributed by atoms with Gasteiger partial charge in [-0.2, -0.15) is 0 Å². The number of ether oxygens (including phenoxy) is 1. The van der Waals surface area contributed by atoms with Crippen molar-refractivity contribution in [3.05, 3.63) is 138 Å². The number of aromatic nitrogens is 3. The van der Waals surface area contributed by atoms with Gasteiger partial charge in [0.15, 0.2) is 6.23 Å². The third-order valence-electron chi connectivity index (χ3n) is 5.98. The van der Waals surface area contributed by atoms with Gasteiger partial charge in [0, 0.05) is 41.0 Å². The molecule has 5 rings (SSSR count). The van der Waals surface area contributed by atoms with Gasteiger partial charge in [0.1, 0.15) is 0 Å². The summed E-state index contributed by atoms with van der Waals surface area (Å²) in [5.41, 5.74) is 5.85. The van der Waals surface area contributed by atoms with Gasteiger partial charge in [0.25, 0.3) is 5.91 Å². The molecule has 2 heterocycles. The minimum absolute atomic E-state index is 0.216. The zero-order chi connectivity index (χ0) is 26.2. The largest absolute Gasteiger partial charge is 0.349 e. The van der Waals surface area contributed by atoms with Crippen molar-refractivity contribution in [1.82, 2.24) is 20.3 Å². The predicted octanol–water partition coefficient (Wildman–Crippen LogP) is 6.24. The van der Waals surface area contributed by atoms with Gasteiger partial charge in [0.2, 0.25) is 5.95 Å². The molecule has 0 saturated carbocycles. The number of nitrogens with zero attached hydrogens (tertiary/aromatic N) is 3. The first-order valence-electron chi connectivity index (χ1n) is 12.3. The van der Waals surface area contributed by atoms with Crippen LogP contribution in [0.25, 0.3) is 11.3 Å². The van der Waals surface area contributed by atoms with E-state index in [0.29, 0.717) is 18.1 Å². The highest BCUT2D eigenvalue weighted by atomic mass is 16.5. The van der Waals surface area contributed by atoms with Gasteiger partial charge in [-0.15, -0.1) is 0 Å². The predicted molar refractivity (Wildman–Crippen MR) is 148 cm³/mol. The van der Waals surface area contributed by atoms with Crippen LogP contribution < -0.4 is 10.6 Å². The summed E-state index contributed by atoms with van der Waals surface area (Å²) < 4.78 is 6.23. The lowest BCUT2D eigenvalue weighted by Gasteiger charge is -2.21. The van der Waals surface area contributed by atoms with Crippen LogP contribution in [0.2, 0.25) is 0 Å². The Labute approximate surface area is 221 Å². The molecular weight excluding hydrogens is 474 g/mol. The Bertz CT molecular complexity index is 1500. The van der Waals surface area contributed by atoms with Crippen LogP contribution in [-0.2, 0) is 11.3 Å². The summed E-state index contributed by atoms with van der Waals surface area (Å²) in [4.78, 5) is 26.2. The Morgan fingerprint density at radius 2 is 1.68 bits per heavy atom. The molecule has 0 aliphatic rings. The molecule has 7 nitrogen and oxygen atoms in total. The van der Waals surface area contributed by atoms with Crippen molar-refractivity contribution in [3.8, 4) is 11.3 Å². The number of carbonyl (C=O) groups excluding carboxylic acids is 1. The van der Waals surface area contributed by atoms with Crippen LogP contribution in [0.1, 0.15) is 33.3 Å². The molecule has 0 aliphatic heterocycles. The smallest absolute Gasteiger partial charge is 0.253 e. The van der Waals surface area contributed by atoms with E-state index in [-0.39, 0.29) is 5.91 Å². The molecule has 3 aromatic carbocycles. The minimum Gasteiger partial charge on any atom is -0.349 e. The van der Waals surface area contributed by atoms with Gasteiger partial charge < -0.3 is 15.4 Å². The molecule has 0 radical (unpaired) electrons. The Kier molecular flexibility index (Phi) is 7.77. The van der Waals surface area contributed by atoms with E-state index in [4.69, 9.17) is 4.74 Å². The quantitative estimate of drug-likeness (QED) is 0.233. The Morgan fingerprint density at radius 1 is 0.895 bits per heavy atom. The summed E-state index contributed by atoms with van der Waals surface area (Å²) in [6.45, 7) is 2.34. The molecule has 1 unspecified atom stereocenters. The number of aryl methyl sites for hydroxylation is 1. The fourth-order valence-corrected chi connectivity index (χ4v) is 3.92. The molecular formula is C31H27N5O2. The van der Waals surface area contributed by atoms with E-state index in [1.165, 1.54) is 0 Å². The topological polar surface area (TPSA) is 89.0 Å². The maximum atomic E-state index is 13.0. The van der Waals surface area contributed by atoms with Gasteiger partial charge >= 0.3 is 0 Å². The van der Waals surface area contributed by atoms with Crippen molar-refractivity contribution in [1.29, 1.82) is 0 Å². The summed E-state index contributed by atoms with van der Waals surface area (Å²) in [7, 11) is 0. The van der Waals surface area contributed by atoms with E-state index in [1.807, 2.05) is 91.9 Å². The average Bonchev–Trinajstić information content (AvgIpc) is 2.98. The Balaban J connectivity index is 1.41. The molecule has 0 fully saturated rings. The van der Waals surface area contributed by atoms with Crippen LogP contribution in [0, 0.1) is 6.92 Å². The second-order valence-electron chi connectivity index (χ2n) is 8.72. The highest BCUT2D eigenvalue weighted by molar-refractivity contribution is 5.94. The minimum atomic E-state index is -0.674. The molecule has 0 bridgehead atoms. The van der Waals surface area contributed by atoms with Gasteiger partial charge in [-0.3, -0.25) is 9.78 Å². The standard InChI is InChI=1S/C31H27N5O2/c1-22-14-15-25(19-28(22)35-31-33-18-16-27(34-31)26-13-8-17-32-20-26)30(38-21-23-9-4-2-5-10-23)36-29(37)24-11-6-3-7-12-24/h2-20,30H,21H2,1H3,(H,36,37)(H,33,34,35). The third-order valence-corrected chi connectivity index (χ3v) is 5.98. The van der Waals surface area contributed by atoms with Crippen LogP contribution in [-0.4, -0.2) is 20.9 Å². The molecule has 2 N–H and O–H groups in total. The molecule has 0 saturated heterocycles. The lowest BCUT2D eigenvalue weighted by Crippen LogP contribution is -2.30. The molecule has 0 spiro atoms. The normalized spacial score (nSPS) is 11.5. The average molecular weight is 502 g/mol. The summed E-state index contributed by atoms with van der Waals surface area (Å²) in [5, 5.41) is 6.36. The van der Waals surface area contributed by atoms with E-state index in [0.717, 1.165) is 33.6 Å². The zero-order valence-corrected chi connectivity index (χ0v) is 20.9. The number of rotatable bonds is 9. The lowest BCUT2D eigenvalue weighted by molar-refractivity contribution is 0.0163. The monoisotopic (exact) mass is 501 g/mol. The second-order valence-corrected chi connectivity index (χ2v) is 8.72. The van der Waals surface area contributed by atoms with Gasteiger partial charge in [-0.1, -0.05) is 60.7 Å². The number of amides is 1. The molecule has 2 aromatic heterocycles. The summed E-state index contributed by atoms with van der Waals surface area (Å²) in [5.74, 6) is 0.243. The number of hydrogen-bond donors (Lipinski definition) is 2. The van der Waals surface area contributed by atoms with Crippen molar-refractivity contribution in [3.63, 3.8) is 0 Å². The first kappa shape index (κ1) is 24.8. The van der Waals surface area contributed by atoms with Crippen molar-refractivity contribution >= 4 is 17.5 Å². The van der Waals surface area contributed by atoms with Crippen LogP contribution in [0.5, 0.6) is 0 Å². The highest BCUT2D eigenvalue weighted by Crippen LogP contribution is 2.26. The van der Waals surface area contributed by atoms with Crippen molar-refractivity contribution in [2.75, 3.05) is 5.32 Å². The zero-order valence-electron chi connectivity index (χ0n) is 20.9. The third kappa shape index (κ3) is 6.27. The fourth-order valence-electron chi connectivity index (χ4n) is 3.92. The van der Waals surface area contributed by atoms with E-state index in [2.05, 4.69) is 25.6 Å². The summed E-state index contributed by atoms with van der Waals surface area (Å²) >= 11 is 0. The number of hydrogen-bond acceptors (Lipinski definition) is 6. The molecule has 5 aromatic rings. The Hall–Kier alpha value is -4.88. The number of carbonyl (C=O) groups is 1. The lowest BCUT2D eigenvalue weighted by atomic mass is 10.1. The van der Waals surface area contributed by atoms with Crippen LogP contribution in [0.15, 0.2) is 116 Å². The van der Waals surface area contributed by atoms with Gasteiger partial charge in [-0.25, -0.2) is 9.97 Å². The number of anilines is 2. The number of nitrogens with one attached hydrogen (secondary N) is 2. The molecule has 38 heavy (non-hydrogen) atoms. The number of pyridine rings is 1. The van der Waals surface area contributed by atoms with Crippen LogP contribution in [0.3, 0.4) is 0 Å². The molecule has 1 amide bonds. The van der Waals surface area contributed by atoms with Crippen molar-refractivity contribution in [2.24, 2.45) is 0 Å². The highest BCUT2D eigenvalue weighted by Gasteiger charge is 2.18. The van der Waals surface area contributed by atoms with E-state index >= 15 is 0 Å². The molecule has 188 valence electrons. The summed E-state index contributed by atoms with van der Waals surface area (Å²) in [6.07, 6.45) is 4.53. The first-order chi connectivity index (χ1) is 18.7. The van der Waals surface area contributed by atoms with E-state index in [1.54, 1.807) is 30.7 Å². The van der Waals surface area contributed by atoms with Gasteiger partial charge in [-0.05, 0) is 54.4 Å². The van der Waals surface area contributed by atoms with Crippen molar-refractivity contribution in [2.45, 2.75) is 19.8 Å². The second kappa shape index (κ2) is 11.9. The maximum Gasteiger partial charge on any atom is 0.253 e. The SMILES string of the molecule is Cc1ccc(C(NC(=O)c2ccccc2)OCc2ccccc2)cc1Nc1nccc(-c2cccnc2)n1. The summed E-state index contributed by atoms with van der Waals surface area (Å²) in [6, 6.07) is 30.5. The maximum absolute atomic E-state index is 13.0. The molecule has 0 aliphatic carbocycles. The fraction of sp³-hybridized carbons (Fsp3) is 0.0968. The molecule has 7 heteroatoms. The number of benzene rings is 3. The molecule has 1 atom stereocenters. The van der Waals surface area contributed by atoms with Crippen LogP contribution >= 0.6 is 0 Å². The van der Waals surface area contributed by atoms with Crippen LogP contribution in [0.4, 0.5) is 11.6 Å². The Morgan fingerprint density at radius 3 is 2.45 bits per heavy atom. The van der Waals surface area contributed by atoms with E-state index in [9.17, 15) is 4.79 Å². The van der Waals surface area contributed by atoms with Gasteiger partial charge in [0.05, 0.1) is 12.3 Å². The van der Waals surface area contributed by atoms with Crippen molar-refractivity contribution < 1.29 is 9.53 Å². The first-order valence-corrected chi connectivity index (χ1v) is 12.3.